The number of carboxylic acid groups (broad SMARTS) is 2. The molecule has 1 unspecified atom stereocenters. The number of rotatable bonds is 8. The van der Waals surface area contributed by atoms with Gasteiger partial charge in [-0.05, 0) is 135 Å². The first-order valence-electron chi connectivity index (χ1n) is 19.9. The molecule has 1 spiro atoms. The molecule has 0 radical (unpaired) electrons. The van der Waals surface area contributed by atoms with Gasteiger partial charge in [0.05, 0.1) is 23.3 Å². The number of esters is 1. The van der Waals surface area contributed by atoms with Crippen LogP contribution in [-0.2, 0) is 21.6 Å². The molecule has 14 heteroatoms. The maximum absolute atomic E-state index is 12.7. The van der Waals surface area contributed by atoms with Crippen molar-refractivity contribution < 1.29 is 59.2 Å². The lowest BCUT2D eigenvalue weighted by molar-refractivity contribution is -0.139. The second-order valence-electron chi connectivity index (χ2n) is 16.5. The molecule has 7 atom stereocenters. The summed E-state index contributed by atoms with van der Waals surface area (Å²) in [6, 6.07) is 17.2. The third-order valence-corrected chi connectivity index (χ3v) is 13.3. The fraction of sp³-hybridized carbons (Fsp3) is 0.400. The Labute approximate surface area is 340 Å². The molecule has 0 saturated heterocycles. The molecule has 5 aliphatic rings. The van der Waals surface area contributed by atoms with Crippen molar-refractivity contribution in [3.63, 3.8) is 0 Å². The van der Waals surface area contributed by atoms with Crippen molar-refractivity contribution in [2.45, 2.75) is 68.8 Å². The molecule has 0 aromatic heterocycles. The minimum atomic E-state index is -1.46. The number of aromatic hydroxyl groups is 2. The van der Waals surface area contributed by atoms with Crippen LogP contribution >= 0.6 is 0 Å². The highest BCUT2D eigenvalue weighted by Crippen LogP contribution is 2.61. The summed E-state index contributed by atoms with van der Waals surface area (Å²) in [6.07, 6.45) is 3.28. The number of phenols is 2. The van der Waals surface area contributed by atoms with Gasteiger partial charge >= 0.3 is 17.9 Å². The lowest BCUT2D eigenvalue weighted by atomic mass is 9.55. The van der Waals surface area contributed by atoms with Crippen molar-refractivity contribution in [3.8, 4) is 28.7 Å². The van der Waals surface area contributed by atoms with Crippen molar-refractivity contribution in [2.75, 3.05) is 27.2 Å². The van der Waals surface area contributed by atoms with E-state index in [4.69, 9.17) is 19.3 Å². The maximum atomic E-state index is 12.7. The number of likely N-dealkylation sites (N-methyl/N-ethyl adjacent to an activating group) is 2. The monoisotopic (exact) mass is 808 g/mol. The molecule has 14 nitrogen and oxygen atoms in total. The highest BCUT2D eigenvalue weighted by atomic mass is 16.6. The number of phenolic OH excluding ortho intramolecular Hbond substituents is 2. The average molecular weight is 809 g/mol. The van der Waals surface area contributed by atoms with E-state index >= 15 is 0 Å². The van der Waals surface area contributed by atoms with Gasteiger partial charge in [-0.1, -0.05) is 6.92 Å². The number of carboxylic acids is 2. The summed E-state index contributed by atoms with van der Waals surface area (Å²) >= 11 is 0. The van der Waals surface area contributed by atoms with Crippen LogP contribution in [0.5, 0.6) is 28.7 Å². The molecule has 3 aliphatic carbocycles. The van der Waals surface area contributed by atoms with Crippen LogP contribution in [0, 0.1) is 17.3 Å². The Balaban J connectivity index is 0.000000165. The van der Waals surface area contributed by atoms with E-state index < -0.39 is 35.7 Å². The van der Waals surface area contributed by atoms with E-state index in [1.807, 2.05) is 14.1 Å². The van der Waals surface area contributed by atoms with Gasteiger partial charge in [0.1, 0.15) is 28.7 Å². The van der Waals surface area contributed by atoms with E-state index in [1.54, 1.807) is 12.1 Å². The van der Waals surface area contributed by atoms with Gasteiger partial charge in [0.15, 0.2) is 12.2 Å². The van der Waals surface area contributed by atoms with Crippen LogP contribution in [0.15, 0.2) is 66.7 Å². The number of carbonyl (C=O) groups is 3. The summed E-state index contributed by atoms with van der Waals surface area (Å²) in [7, 11) is 3.80. The number of aliphatic hydroxyl groups is 2. The van der Waals surface area contributed by atoms with Gasteiger partial charge < -0.3 is 55.5 Å². The van der Waals surface area contributed by atoms with Gasteiger partial charge in [-0.15, -0.1) is 0 Å². The smallest absolute Gasteiger partial charge is 0.341 e. The van der Waals surface area contributed by atoms with Gasteiger partial charge in [-0.2, -0.15) is 0 Å². The van der Waals surface area contributed by atoms with Gasteiger partial charge in [-0.3, -0.25) is 0 Å². The molecular weight excluding hydrogens is 760 g/mol. The first kappa shape index (κ1) is 40.1. The normalized spacial score (nSPS) is 25.6. The molecule has 9 rings (SSSR count). The summed E-state index contributed by atoms with van der Waals surface area (Å²) in [5.74, 6) is -0.541. The molecule has 0 amide bonds. The average Bonchev–Trinajstić information content (AvgIpc) is 3.63. The first-order chi connectivity index (χ1) is 28.2. The van der Waals surface area contributed by atoms with Crippen LogP contribution in [0.3, 0.4) is 0 Å². The van der Waals surface area contributed by atoms with Gasteiger partial charge in [-0.25, -0.2) is 14.4 Å². The van der Waals surface area contributed by atoms with Crippen molar-refractivity contribution in [2.24, 2.45) is 17.3 Å². The van der Waals surface area contributed by atoms with Crippen molar-refractivity contribution >= 4 is 17.9 Å². The van der Waals surface area contributed by atoms with E-state index in [2.05, 4.69) is 29.7 Å². The Kier molecular flexibility index (Phi) is 10.3. The third kappa shape index (κ3) is 6.64. The molecule has 310 valence electrons. The molecule has 2 aliphatic heterocycles. The van der Waals surface area contributed by atoms with Crippen LogP contribution in [0.4, 0.5) is 0 Å². The third-order valence-electron chi connectivity index (χ3n) is 13.3. The van der Waals surface area contributed by atoms with Crippen LogP contribution in [-0.4, -0.2) is 88.0 Å². The highest BCUT2D eigenvalue weighted by Gasteiger charge is 2.58. The van der Waals surface area contributed by atoms with Crippen molar-refractivity contribution in [3.05, 3.63) is 111 Å². The Morgan fingerprint density at radius 2 is 1.61 bits per heavy atom. The van der Waals surface area contributed by atoms with E-state index in [-0.39, 0.29) is 52.2 Å². The number of fused-ring (bicyclic) bond motifs is 11. The van der Waals surface area contributed by atoms with E-state index in [0.29, 0.717) is 53.2 Å². The number of aliphatic hydroxyl groups excluding tert-OH is 2. The Hall–Kier alpha value is -5.67. The Bertz CT molecular complexity index is 2290. The van der Waals surface area contributed by atoms with Crippen LogP contribution in [0.2, 0.25) is 0 Å². The number of aliphatic carboxylic acids is 1. The number of hydrogen-bond donors (Lipinski definition) is 8. The molecule has 2 saturated carbocycles. The predicted octanol–water partition coefficient (Wildman–Crippen LogP) is 5.18. The zero-order chi connectivity index (χ0) is 42.0. The Morgan fingerprint density at radius 3 is 2.24 bits per heavy atom. The molecule has 4 aromatic carbocycles. The quantitative estimate of drug-likeness (QED) is 0.108. The minimum absolute atomic E-state index is 0.00320. The molecule has 2 fully saturated rings. The molecule has 2 heterocycles. The van der Waals surface area contributed by atoms with Gasteiger partial charge in [0.25, 0.3) is 0 Å². The number of ether oxygens (including phenoxy) is 3. The number of aryl methyl sites for hydroxylation is 1. The fourth-order valence-corrected chi connectivity index (χ4v) is 10.5. The molecule has 8 N–H and O–H groups in total. The summed E-state index contributed by atoms with van der Waals surface area (Å²) in [4.78, 5) is 35.3. The Morgan fingerprint density at radius 1 is 0.915 bits per heavy atom. The van der Waals surface area contributed by atoms with Crippen LogP contribution in [0.25, 0.3) is 0 Å². The summed E-state index contributed by atoms with van der Waals surface area (Å²) in [6.45, 7) is 2.50. The summed E-state index contributed by atoms with van der Waals surface area (Å²) in [5, 5.41) is 65.9. The first-order valence-corrected chi connectivity index (χ1v) is 19.9. The standard InChI is InChI=1S/C24H36N2O5.C21H12O7/c1-24-7-6-14-15(18(24)10-20(27)23(24)30)5-4-13-8-21(31-12-22(28)29)17(9-16(13)14)19(26-3)11-25-2;22-11-2-5-14-17(8-11)27-18-9-12(23)3-6-15(18)21(14)16-7-10(19(24)25)1-4-13(16)20(26)28-21/h8-9,14-15,18-20,23,25-27,30H,4-7,10-12H2,1-3H3,(H,28,29);1-9,22-23H,(H,24,25)/t14-,15+,18-,19?,20+,23-,24-;/m0./s1. The molecule has 4 aromatic rings. The number of aromatic carboxylic acids is 1. The summed E-state index contributed by atoms with van der Waals surface area (Å²) in [5.41, 5.74) is 3.39. The number of benzene rings is 4. The molecule has 59 heavy (non-hydrogen) atoms. The van der Waals surface area contributed by atoms with E-state index in [1.165, 1.54) is 53.6 Å². The zero-order valence-corrected chi connectivity index (χ0v) is 32.9. The number of carbonyl (C=O) groups excluding carboxylic acids is 1. The van der Waals surface area contributed by atoms with Crippen molar-refractivity contribution in [1.82, 2.24) is 10.6 Å². The topological polar surface area (TPSA) is 224 Å². The van der Waals surface area contributed by atoms with Crippen LogP contribution in [0.1, 0.15) is 98.7 Å². The lowest BCUT2D eigenvalue weighted by Crippen LogP contribution is -2.44. The van der Waals surface area contributed by atoms with E-state index in [0.717, 1.165) is 31.2 Å². The van der Waals surface area contributed by atoms with E-state index in [9.17, 15) is 39.9 Å². The van der Waals surface area contributed by atoms with Gasteiger partial charge in [0.2, 0.25) is 0 Å². The lowest BCUT2D eigenvalue weighted by Gasteiger charge is -2.50. The fourth-order valence-electron chi connectivity index (χ4n) is 10.5. The second-order valence-corrected chi connectivity index (χ2v) is 16.5. The number of hydrogen-bond acceptors (Lipinski definition) is 12. The summed E-state index contributed by atoms with van der Waals surface area (Å²) < 4.78 is 17.4. The minimum Gasteiger partial charge on any atom is -0.508 e. The zero-order valence-electron chi connectivity index (χ0n) is 32.9. The molecule has 0 bridgehead atoms. The number of nitrogens with one attached hydrogen (secondary N) is 2. The maximum Gasteiger partial charge on any atom is 0.341 e. The second kappa shape index (κ2) is 15.2. The molecular formula is C45H48N2O12. The van der Waals surface area contributed by atoms with Crippen molar-refractivity contribution in [1.29, 1.82) is 0 Å². The predicted molar refractivity (Wildman–Crippen MR) is 212 cm³/mol. The SMILES string of the molecule is CNCC(NC)c1cc2c(cc1OCC(=O)O)CC[C@@H]1[C@@H]2CC[C@]2(C)[C@@H](O)[C@H](O)C[C@@H]12.O=C(O)c1ccc2c(c1)C1(OC2=O)c2ccc(O)cc2Oc2cc(O)ccc21. The van der Waals surface area contributed by atoms with Crippen LogP contribution < -0.4 is 20.1 Å². The van der Waals surface area contributed by atoms with Gasteiger partial charge in [0, 0.05) is 47.0 Å². The highest BCUT2D eigenvalue weighted by molar-refractivity contribution is 5.99. The largest absolute Gasteiger partial charge is 0.508 e.